The first kappa shape index (κ1) is 54.5. The molecule has 2 aliphatic heterocycles. The van der Waals surface area contributed by atoms with E-state index in [1.807, 2.05) is 45.7 Å². The summed E-state index contributed by atoms with van der Waals surface area (Å²) in [7, 11) is 3.64. The van der Waals surface area contributed by atoms with Gasteiger partial charge in [-0.05, 0) is 50.8 Å². The number of nitrogens with zero attached hydrogens (tertiary/aromatic N) is 4. The predicted molar refractivity (Wildman–Crippen MR) is 249 cm³/mol. The average molecular weight is 955 g/mol. The first-order valence-electron chi connectivity index (χ1n) is 23.2. The highest BCUT2D eigenvalue weighted by Gasteiger charge is 2.37. The maximum absolute atomic E-state index is 14.3. The molecule has 0 spiro atoms. The van der Waals surface area contributed by atoms with Crippen LogP contribution in [0.3, 0.4) is 0 Å². The fourth-order valence-corrected chi connectivity index (χ4v) is 8.76. The van der Waals surface area contributed by atoms with Gasteiger partial charge in [-0.3, -0.25) is 43.4 Å². The molecule has 19 heteroatoms. The minimum atomic E-state index is -0.881. The zero-order valence-electron chi connectivity index (χ0n) is 40.2. The summed E-state index contributed by atoms with van der Waals surface area (Å²) in [6.07, 6.45) is 4.25. The molecule has 370 valence electrons. The highest BCUT2D eigenvalue weighted by Crippen LogP contribution is 2.31. The Bertz CT molecular complexity index is 1960. The van der Waals surface area contributed by atoms with E-state index in [2.05, 4.69) is 15.6 Å². The smallest absolute Gasteiger partial charge is 0.308 e. The van der Waals surface area contributed by atoms with Crippen LogP contribution in [0.1, 0.15) is 113 Å². The number of thiazole rings is 1. The van der Waals surface area contributed by atoms with E-state index in [9.17, 15) is 33.6 Å². The zero-order chi connectivity index (χ0) is 49.0. The molecule has 4 rings (SSSR count). The molecule has 2 aliphatic rings. The standard InChI is InChI=1S/C48H70N6O12S/c1-9-32(4)43(51-46(60)37-17-13-14-21-52(37)7)48(61)53(8)38(31(2)3)29-39(65-34(6)55)47-50-36(30-67-47)45(59)49-33(5)44(35-15-11-10-12-16-35)66-42(58)20-23-62-25-27-64-28-26-63-24-22-54-40(56)18-19-41(54)57/h10-12,15-16,18-19,30-33,37-39,43-44H,9,13-14,17,20-29H2,1-8H3,(H,49,59)(H,51,60)/t32-,33?,37?,38+,39+,43-,44?/m0/s1. The predicted octanol–water partition coefficient (Wildman–Crippen LogP) is 4.40. The number of hydrogen-bond donors (Lipinski definition) is 2. The van der Waals surface area contributed by atoms with Gasteiger partial charge in [0.1, 0.15) is 22.8 Å². The summed E-state index contributed by atoms with van der Waals surface area (Å²) in [6.45, 7) is 13.2. The molecule has 1 saturated heterocycles. The summed E-state index contributed by atoms with van der Waals surface area (Å²) in [5, 5.41) is 7.95. The molecule has 0 aliphatic carbocycles. The number of carbonyl (C=O) groups excluding carboxylic acids is 7. The summed E-state index contributed by atoms with van der Waals surface area (Å²) < 4.78 is 28.2. The molecule has 1 fully saturated rings. The fourth-order valence-electron chi connectivity index (χ4n) is 7.92. The van der Waals surface area contributed by atoms with Gasteiger partial charge in [0.05, 0.1) is 64.7 Å². The molecule has 0 radical (unpaired) electrons. The normalized spacial score (nSPS) is 17.9. The van der Waals surface area contributed by atoms with Crippen LogP contribution in [0.2, 0.25) is 0 Å². The van der Waals surface area contributed by atoms with Crippen molar-refractivity contribution < 1.29 is 57.2 Å². The molecule has 5 amide bonds. The van der Waals surface area contributed by atoms with Gasteiger partial charge >= 0.3 is 11.9 Å². The lowest BCUT2D eigenvalue weighted by molar-refractivity contribution is -0.152. The number of rotatable bonds is 28. The summed E-state index contributed by atoms with van der Waals surface area (Å²) in [4.78, 5) is 99.6. The Hall–Kier alpha value is -5.08. The number of amides is 5. The largest absolute Gasteiger partial charge is 0.455 e. The molecular weight excluding hydrogens is 885 g/mol. The van der Waals surface area contributed by atoms with Gasteiger partial charge in [0.2, 0.25) is 11.8 Å². The Morgan fingerprint density at radius 2 is 1.52 bits per heavy atom. The van der Waals surface area contributed by atoms with Gasteiger partial charge in [-0.2, -0.15) is 0 Å². The zero-order valence-corrected chi connectivity index (χ0v) is 41.0. The van der Waals surface area contributed by atoms with E-state index >= 15 is 0 Å². The third-order valence-electron chi connectivity index (χ3n) is 12.0. The van der Waals surface area contributed by atoms with Crippen molar-refractivity contribution in [2.24, 2.45) is 11.8 Å². The monoisotopic (exact) mass is 954 g/mol. The van der Waals surface area contributed by atoms with Crippen LogP contribution >= 0.6 is 11.3 Å². The van der Waals surface area contributed by atoms with Crippen molar-refractivity contribution in [2.75, 3.05) is 66.8 Å². The van der Waals surface area contributed by atoms with Crippen LogP contribution in [-0.2, 0) is 52.5 Å². The molecule has 3 unspecified atom stereocenters. The molecule has 18 nitrogen and oxygen atoms in total. The number of piperidine rings is 1. The minimum Gasteiger partial charge on any atom is -0.455 e. The number of carbonyl (C=O) groups is 7. The van der Waals surface area contributed by atoms with Crippen molar-refractivity contribution in [3.8, 4) is 0 Å². The van der Waals surface area contributed by atoms with E-state index < -0.39 is 48.2 Å². The van der Waals surface area contributed by atoms with Crippen molar-refractivity contribution in [1.82, 2.24) is 30.3 Å². The van der Waals surface area contributed by atoms with Crippen LogP contribution in [0.5, 0.6) is 0 Å². The second-order valence-corrected chi connectivity index (χ2v) is 18.3. The Balaban J connectivity index is 1.31. The molecule has 7 atom stereocenters. The molecule has 67 heavy (non-hydrogen) atoms. The van der Waals surface area contributed by atoms with Crippen molar-refractivity contribution in [3.63, 3.8) is 0 Å². The highest BCUT2D eigenvalue weighted by atomic mass is 32.1. The topological polar surface area (TPSA) is 212 Å². The van der Waals surface area contributed by atoms with E-state index in [0.29, 0.717) is 17.0 Å². The van der Waals surface area contributed by atoms with Crippen molar-refractivity contribution in [1.29, 1.82) is 0 Å². The van der Waals surface area contributed by atoms with Gasteiger partial charge < -0.3 is 39.2 Å². The Labute approximate surface area is 398 Å². The number of ether oxygens (including phenoxy) is 5. The van der Waals surface area contributed by atoms with Gasteiger partial charge in [0, 0.05) is 44.0 Å². The number of imide groups is 1. The third kappa shape index (κ3) is 16.9. The molecule has 0 saturated carbocycles. The Morgan fingerprint density at radius 1 is 0.881 bits per heavy atom. The molecule has 2 aromatic rings. The lowest BCUT2D eigenvalue weighted by Crippen LogP contribution is -2.58. The van der Waals surface area contributed by atoms with Crippen LogP contribution in [0, 0.1) is 11.8 Å². The van der Waals surface area contributed by atoms with Gasteiger partial charge in [0.15, 0.2) is 6.10 Å². The van der Waals surface area contributed by atoms with Gasteiger partial charge in [-0.15, -0.1) is 11.3 Å². The highest BCUT2D eigenvalue weighted by molar-refractivity contribution is 7.09. The lowest BCUT2D eigenvalue weighted by atomic mass is 9.92. The Kier molecular flexibility index (Phi) is 22.5. The van der Waals surface area contributed by atoms with Gasteiger partial charge in [-0.25, -0.2) is 4.98 Å². The molecule has 1 aromatic carbocycles. The maximum atomic E-state index is 14.3. The van der Waals surface area contributed by atoms with Crippen LogP contribution in [0.4, 0.5) is 0 Å². The first-order valence-corrected chi connectivity index (χ1v) is 24.1. The number of hydrogen-bond acceptors (Lipinski definition) is 15. The van der Waals surface area contributed by atoms with Crippen LogP contribution in [-0.4, -0.2) is 152 Å². The van der Waals surface area contributed by atoms with E-state index in [1.54, 1.807) is 48.5 Å². The number of aromatic nitrogens is 1. The lowest BCUT2D eigenvalue weighted by Gasteiger charge is -2.38. The first-order chi connectivity index (χ1) is 32.0. The third-order valence-corrected chi connectivity index (χ3v) is 12.9. The summed E-state index contributed by atoms with van der Waals surface area (Å²) in [5.74, 6) is -2.93. The van der Waals surface area contributed by atoms with Crippen LogP contribution in [0.25, 0.3) is 0 Å². The maximum Gasteiger partial charge on any atom is 0.308 e. The number of likely N-dealkylation sites (tertiary alicyclic amines) is 1. The Morgan fingerprint density at radius 3 is 2.13 bits per heavy atom. The SMILES string of the molecule is CC[C@H](C)[C@H](NC(=O)C1CCCCN1C)C(=O)N(C)[C@H](C[C@@H](OC(C)=O)c1nc(C(=O)NC(C)C(OC(=O)CCOCCOCCOCCN2C(=O)C=CC2=O)c2ccccc2)cs1)C(C)C. The summed E-state index contributed by atoms with van der Waals surface area (Å²) in [5.41, 5.74) is 0.744. The van der Waals surface area contributed by atoms with E-state index in [1.165, 1.54) is 19.1 Å². The van der Waals surface area contributed by atoms with Crippen LogP contribution < -0.4 is 10.6 Å². The average Bonchev–Trinajstić information content (AvgIpc) is 3.93. The molecule has 1 aromatic heterocycles. The van der Waals surface area contributed by atoms with Gasteiger partial charge in [0.25, 0.3) is 17.7 Å². The van der Waals surface area contributed by atoms with Crippen molar-refractivity contribution in [2.45, 2.75) is 116 Å². The second-order valence-electron chi connectivity index (χ2n) is 17.4. The van der Waals surface area contributed by atoms with Gasteiger partial charge in [-0.1, -0.05) is 70.9 Å². The molecular formula is C48H70N6O12S. The van der Waals surface area contributed by atoms with E-state index in [-0.39, 0.29) is 106 Å². The van der Waals surface area contributed by atoms with E-state index in [4.69, 9.17) is 23.7 Å². The van der Waals surface area contributed by atoms with Crippen LogP contribution in [0.15, 0.2) is 47.9 Å². The number of likely N-dealkylation sites (N-methyl/N-ethyl adjacent to an activating group) is 2. The minimum absolute atomic E-state index is 0.0496. The van der Waals surface area contributed by atoms with Crippen molar-refractivity contribution >= 4 is 52.8 Å². The summed E-state index contributed by atoms with van der Waals surface area (Å²) in [6, 6.07) is 6.87. The molecule has 2 N–H and O–H groups in total. The number of benzene rings is 1. The van der Waals surface area contributed by atoms with Crippen molar-refractivity contribution in [3.05, 3.63) is 64.1 Å². The fraction of sp³-hybridized carbons (Fsp3) is 0.625. The molecule has 0 bridgehead atoms. The number of esters is 2. The van der Waals surface area contributed by atoms with E-state index in [0.717, 1.165) is 42.0 Å². The summed E-state index contributed by atoms with van der Waals surface area (Å²) >= 11 is 1.16. The molecule has 3 heterocycles. The number of nitrogens with one attached hydrogen (secondary N) is 2. The quantitative estimate of drug-likeness (QED) is 0.0688. The second kappa shape index (κ2) is 27.7.